The van der Waals surface area contributed by atoms with E-state index in [2.05, 4.69) is 0 Å². The smallest absolute Gasteiger partial charge is 0.306 e. The Bertz CT molecular complexity index is 311. The van der Waals surface area contributed by atoms with Crippen LogP contribution in [0.5, 0.6) is 5.75 Å². The van der Waals surface area contributed by atoms with Crippen LogP contribution in [0.3, 0.4) is 0 Å². The van der Waals surface area contributed by atoms with E-state index >= 15 is 0 Å². The van der Waals surface area contributed by atoms with Crippen LogP contribution >= 0.6 is 0 Å². The van der Waals surface area contributed by atoms with Crippen molar-refractivity contribution in [2.45, 2.75) is 12.6 Å². The fourth-order valence-corrected chi connectivity index (χ4v) is 1.02. The Kier molecular flexibility index (Phi) is 2.84. The van der Waals surface area contributed by atoms with Gasteiger partial charge in [0.2, 0.25) is 0 Å². The molecule has 1 unspecified atom stereocenters. The van der Waals surface area contributed by atoms with Gasteiger partial charge >= 0.3 is 5.97 Å². The Morgan fingerprint density at radius 2 is 2.08 bits per heavy atom. The molecule has 0 aliphatic rings. The van der Waals surface area contributed by atoms with Crippen LogP contribution in [0.15, 0.2) is 24.3 Å². The van der Waals surface area contributed by atoms with Gasteiger partial charge in [-0.15, -0.1) is 0 Å². The van der Waals surface area contributed by atoms with Crippen LogP contribution in [0.4, 0.5) is 4.39 Å². The highest BCUT2D eigenvalue weighted by atomic mass is 19.1. The van der Waals surface area contributed by atoms with Crippen LogP contribution in [0.2, 0.25) is 0 Å². The highest BCUT2D eigenvalue weighted by Gasteiger charge is 2.16. The quantitative estimate of drug-likeness (QED) is 0.753. The average Bonchev–Trinajstić information content (AvgIpc) is 2.03. The molecule has 0 bridgehead atoms. The molecule has 0 fully saturated rings. The maximum Gasteiger partial charge on any atom is 0.306 e. The van der Waals surface area contributed by atoms with Gasteiger partial charge in [0.1, 0.15) is 11.9 Å². The molecule has 70 valence electrons. The lowest BCUT2D eigenvalue weighted by Gasteiger charge is -2.06. The second-order valence-corrected chi connectivity index (χ2v) is 2.62. The van der Waals surface area contributed by atoms with Gasteiger partial charge in [-0.05, 0) is 6.07 Å². The number of hydrogen-bond acceptors (Lipinski definition) is 2. The van der Waals surface area contributed by atoms with Crippen LogP contribution in [-0.2, 0) is 4.79 Å². The Morgan fingerprint density at radius 1 is 1.46 bits per heavy atom. The Labute approximate surface area is 74.4 Å². The SMILES string of the molecule is O=C(O)CC(F)c1ccccc1O. The third kappa shape index (κ3) is 2.43. The normalized spacial score (nSPS) is 12.4. The van der Waals surface area contributed by atoms with Gasteiger partial charge in [-0.2, -0.15) is 0 Å². The number of halogens is 1. The number of alkyl halides is 1. The van der Waals surface area contributed by atoms with Gasteiger partial charge < -0.3 is 10.2 Å². The molecular weight excluding hydrogens is 175 g/mol. The summed E-state index contributed by atoms with van der Waals surface area (Å²) in [5, 5.41) is 17.5. The summed E-state index contributed by atoms with van der Waals surface area (Å²) < 4.78 is 13.1. The van der Waals surface area contributed by atoms with Crippen molar-refractivity contribution in [2.75, 3.05) is 0 Å². The number of carbonyl (C=O) groups is 1. The van der Waals surface area contributed by atoms with Crippen molar-refractivity contribution in [3.63, 3.8) is 0 Å². The molecule has 2 N–H and O–H groups in total. The van der Waals surface area contributed by atoms with Crippen LogP contribution in [-0.4, -0.2) is 16.2 Å². The third-order valence-electron chi connectivity index (χ3n) is 1.63. The molecule has 0 aliphatic heterocycles. The number of rotatable bonds is 3. The zero-order chi connectivity index (χ0) is 9.84. The molecule has 0 amide bonds. The summed E-state index contributed by atoms with van der Waals surface area (Å²) in [5.74, 6) is -1.44. The van der Waals surface area contributed by atoms with Gasteiger partial charge in [-0.1, -0.05) is 18.2 Å². The standard InChI is InChI=1S/C9H9FO3/c10-7(5-9(12)13)6-3-1-2-4-8(6)11/h1-4,7,11H,5H2,(H,12,13). The van der Waals surface area contributed by atoms with E-state index < -0.39 is 18.6 Å². The summed E-state index contributed by atoms with van der Waals surface area (Å²) in [6.07, 6.45) is -2.28. The molecule has 1 atom stereocenters. The van der Waals surface area contributed by atoms with Gasteiger partial charge in [-0.3, -0.25) is 4.79 Å². The number of carboxylic acid groups (broad SMARTS) is 1. The largest absolute Gasteiger partial charge is 0.508 e. The summed E-state index contributed by atoms with van der Waals surface area (Å²) >= 11 is 0. The summed E-state index contributed by atoms with van der Waals surface area (Å²) in [6, 6.07) is 5.78. The van der Waals surface area contributed by atoms with Crippen LogP contribution in [0.1, 0.15) is 18.2 Å². The first-order valence-electron chi connectivity index (χ1n) is 3.75. The lowest BCUT2D eigenvalue weighted by Crippen LogP contribution is -2.01. The van der Waals surface area contributed by atoms with Crippen molar-refractivity contribution in [1.82, 2.24) is 0 Å². The number of phenolic OH excluding ortho intramolecular Hbond substituents is 1. The number of aliphatic carboxylic acids is 1. The molecule has 0 saturated carbocycles. The zero-order valence-corrected chi connectivity index (χ0v) is 6.77. The van der Waals surface area contributed by atoms with Crippen molar-refractivity contribution in [1.29, 1.82) is 0 Å². The van der Waals surface area contributed by atoms with Gasteiger partial charge in [0, 0.05) is 5.56 Å². The van der Waals surface area contributed by atoms with Crippen molar-refractivity contribution in [3.8, 4) is 5.75 Å². The molecule has 3 nitrogen and oxygen atoms in total. The minimum atomic E-state index is -1.65. The minimum absolute atomic E-state index is 0.0184. The van der Waals surface area contributed by atoms with Crippen molar-refractivity contribution in [2.24, 2.45) is 0 Å². The van der Waals surface area contributed by atoms with Gasteiger partial charge in [-0.25, -0.2) is 4.39 Å². The van der Waals surface area contributed by atoms with E-state index in [1.165, 1.54) is 12.1 Å². The molecule has 4 heteroatoms. The van der Waals surface area contributed by atoms with Crippen LogP contribution < -0.4 is 0 Å². The summed E-state index contributed by atoms with van der Waals surface area (Å²) in [6.45, 7) is 0. The highest BCUT2D eigenvalue weighted by molar-refractivity contribution is 5.67. The number of phenols is 1. The first-order valence-corrected chi connectivity index (χ1v) is 3.75. The van der Waals surface area contributed by atoms with Crippen molar-refractivity contribution < 1.29 is 19.4 Å². The molecule has 1 aromatic carbocycles. The van der Waals surface area contributed by atoms with Crippen LogP contribution in [0, 0.1) is 0 Å². The zero-order valence-electron chi connectivity index (χ0n) is 6.77. The molecule has 13 heavy (non-hydrogen) atoms. The van der Waals surface area contributed by atoms with Crippen molar-refractivity contribution >= 4 is 5.97 Å². The fraction of sp³-hybridized carbons (Fsp3) is 0.222. The lowest BCUT2D eigenvalue weighted by atomic mass is 10.1. The molecule has 0 saturated heterocycles. The maximum atomic E-state index is 13.1. The molecular formula is C9H9FO3. The highest BCUT2D eigenvalue weighted by Crippen LogP contribution is 2.28. The van der Waals surface area contributed by atoms with Gasteiger partial charge in [0.05, 0.1) is 6.42 Å². The molecule has 0 radical (unpaired) electrons. The third-order valence-corrected chi connectivity index (χ3v) is 1.63. The van der Waals surface area contributed by atoms with E-state index in [0.717, 1.165) is 0 Å². The Morgan fingerprint density at radius 3 is 2.62 bits per heavy atom. The van der Waals surface area contributed by atoms with Gasteiger partial charge in [0.15, 0.2) is 0 Å². The number of benzene rings is 1. The first-order chi connectivity index (χ1) is 6.11. The second-order valence-electron chi connectivity index (χ2n) is 2.62. The topological polar surface area (TPSA) is 57.5 Å². The molecule has 0 aromatic heterocycles. The second kappa shape index (κ2) is 3.89. The fourth-order valence-electron chi connectivity index (χ4n) is 1.02. The molecule has 0 aliphatic carbocycles. The first kappa shape index (κ1) is 9.51. The van der Waals surface area contributed by atoms with E-state index in [1.54, 1.807) is 12.1 Å². The Balaban J connectivity index is 2.82. The molecule has 1 rings (SSSR count). The van der Waals surface area contributed by atoms with Gasteiger partial charge in [0.25, 0.3) is 0 Å². The predicted octanol–water partition coefficient (Wildman–Crippen LogP) is 1.88. The summed E-state index contributed by atoms with van der Waals surface area (Å²) in [4.78, 5) is 10.2. The predicted molar refractivity (Wildman–Crippen MR) is 44.2 cm³/mol. The van der Waals surface area contributed by atoms with Crippen molar-refractivity contribution in [3.05, 3.63) is 29.8 Å². The lowest BCUT2D eigenvalue weighted by molar-refractivity contribution is -0.138. The molecule has 0 spiro atoms. The molecule has 0 heterocycles. The monoisotopic (exact) mass is 184 g/mol. The number of carboxylic acids is 1. The Hall–Kier alpha value is -1.58. The summed E-state index contributed by atoms with van der Waals surface area (Å²) in [5.41, 5.74) is 0.0184. The number of aromatic hydroxyl groups is 1. The summed E-state index contributed by atoms with van der Waals surface area (Å²) in [7, 11) is 0. The average molecular weight is 184 g/mol. The van der Waals surface area contributed by atoms with E-state index in [9.17, 15) is 9.18 Å². The molecule has 1 aromatic rings. The van der Waals surface area contributed by atoms with E-state index in [0.29, 0.717) is 0 Å². The van der Waals surface area contributed by atoms with E-state index in [4.69, 9.17) is 10.2 Å². The minimum Gasteiger partial charge on any atom is -0.508 e. The number of para-hydroxylation sites is 1. The maximum absolute atomic E-state index is 13.1. The number of hydrogen-bond donors (Lipinski definition) is 2. The van der Waals surface area contributed by atoms with E-state index in [1.807, 2.05) is 0 Å². The van der Waals surface area contributed by atoms with E-state index in [-0.39, 0.29) is 11.3 Å². The van der Waals surface area contributed by atoms with Crippen LogP contribution in [0.25, 0.3) is 0 Å².